The predicted molar refractivity (Wildman–Crippen MR) is 149 cm³/mol. The Morgan fingerprint density at radius 3 is 2.23 bits per heavy atom. The molecule has 0 fully saturated rings. The zero-order valence-electron chi connectivity index (χ0n) is 22.7. The molecule has 0 unspecified atom stereocenters. The summed E-state index contributed by atoms with van der Waals surface area (Å²) in [7, 11) is -4.24. The summed E-state index contributed by atoms with van der Waals surface area (Å²) in [6.07, 6.45) is -12.0. The first-order valence-electron chi connectivity index (χ1n) is 12.8. The van der Waals surface area contributed by atoms with Crippen LogP contribution in [0.1, 0.15) is 29.5 Å². The molecule has 16 heteroatoms. The van der Waals surface area contributed by atoms with Crippen LogP contribution in [0.5, 0.6) is 0 Å². The van der Waals surface area contributed by atoms with Gasteiger partial charge in [0.15, 0.2) is 0 Å². The summed E-state index contributed by atoms with van der Waals surface area (Å²) >= 11 is 1.61. The lowest BCUT2D eigenvalue weighted by Crippen LogP contribution is -2.54. The minimum absolute atomic E-state index is 0.00437. The Hall–Kier alpha value is -3.76. The van der Waals surface area contributed by atoms with Gasteiger partial charge in [0.1, 0.15) is 10.8 Å². The van der Waals surface area contributed by atoms with Crippen molar-refractivity contribution in [3.05, 3.63) is 88.7 Å². The van der Waals surface area contributed by atoms with Crippen LogP contribution in [0, 0.1) is 5.82 Å². The number of hydrogen-bond acceptors (Lipinski definition) is 6. The van der Waals surface area contributed by atoms with Crippen molar-refractivity contribution < 1.29 is 49.1 Å². The molecule has 0 saturated carbocycles. The Morgan fingerprint density at radius 2 is 1.64 bits per heavy atom. The van der Waals surface area contributed by atoms with Crippen LogP contribution in [-0.2, 0) is 33.4 Å². The molecule has 0 saturated heterocycles. The van der Waals surface area contributed by atoms with Gasteiger partial charge in [-0.15, -0.1) is 11.3 Å². The molecule has 236 valence electrons. The van der Waals surface area contributed by atoms with Crippen molar-refractivity contribution in [1.29, 1.82) is 0 Å². The van der Waals surface area contributed by atoms with Gasteiger partial charge in [0.05, 0.1) is 27.3 Å². The molecule has 0 spiro atoms. The van der Waals surface area contributed by atoms with Gasteiger partial charge < -0.3 is 10.4 Å². The van der Waals surface area contributed by atoms with Gasteiger partial charge in [-0.2, -0.15) is 26.3 Å². The first-order chi connectivity index (χ1) is 20.4. The quantitative estimate of drug-likeness (QED) is 0.248. The zero-order valence-corrected chi connectivity index (χ0v) is 24.3. The number of benzene rings is 3. The van der Waals surface area contributed by atoms with Crippen molar-refractivity contribution in [3.8, 4) is 0 Å². The van der Waals surface area contributed by atoms with E-state index in [1.807, 2.05) is 24.3 Å². The topological polar surface area (TPSA) is 99.6 Å². The molecule has 1 amide bonds. The number of amides is 1. The Balaban J connectivity index is 0.000000262. The van der Waals surface area contributed by atoms with E-state index in [4.69, 9.17) is 0 Å². The number of para-hydroxylation sites is 1. The molecule has 1 aliphatic heterocycles. The van der Waals surface area contributed by atoms with Gasteiger partial charge in [-0.3, -0.25) is 9.10 Å². The summed E-state index contributed by atoms with van der Waals surface area (Å²) < 4.78 is 120. The van der Waals surface area contributed by atoms with Crippen molar-refractivity contribution in [2.45, 2.75) is 49.2 Å². The second-order valence-corrected chi connectivity index (χ2v) is 12.6. The number of aryl methyl sites for hydroxylation is 1. The number of hydrogen-bond donors (Lipinski definition) is 2. The summed E-state index contributed by atoms with van der Waals surface area (Å²) in [5.41, 5.74) is -5.77. The molecule has 0 aliphatic carbocycles. The first kappa shape index (κ1) is 33.1. The van der Waals surface area contributed by atoms with Crippen molar-refractivity contribution in [2.24, 2.45) is 0 Å². The fourth-order valence-electron chi connectivity index (χ4n) is 4.45. The lowest BCUT2D eigenvalue weighted by molar-refractivity contribution is -0.376. The van der Waals surface area contributed by atoms with Crippen molar-refractivity contribution >= 4 is 43.2 Å². The third-order valence-electron chi connectivity index (χ3n) is 6.62. The number of anilines is 1. The van der Waals surface area contributed by atoms with Gasteiger partial charge in [-0.1, -0.05) is 24.3 Å². The number of aromatic nitrogens is 1. The van der Waals surface area contributed by atoms with E-state index in [9.17, 15) is 49.1 Å². The molecule has 3 aromatic carbocycles. The van der Waals surface area contributed by atoms with E-state index >= 15 is 0 Å². The van der Waals surface area contributed by atoms with E-state index in [1.54, 1.807) is 11.3 Å². The summed E-state index contributed by atoms with van der Waals surface area (Å²) in [6.45, 7) is 1.96. The van der Waals surface area contributed by atoms with Gasteiger partial charge in [0.2, 0.25) is 5.91 Å². The Bertz CT molecular complexity index is 1710. The largest absolute Gasteiger partial charge is 0.430 e. The predicted octanol–water partition coefficient (Wildman–Crippen LogP) is 6.21. The highest BCUT2D eigenvalue weighted by Crippen LogP contribution is 2.51. The maximum absolute atomic E-state index is 13.1. The number of carbonyl (C=O) groups excluding carboxylic acids is 1. The highest BCUT2D eigenvalue weighted by molar-refractivity contribution is 7.92. The van der Waals surface area contributed by atoms with Crippen LogP contribution < -0.4 is 9.62 Å². The maximum Gasteiger partial charge on any atom is 0.430 e. The van der Waals surface area contributed by atoms with Crippen LogP contribution >= 0.6 is 11.3 Å². The standard InChI is InChI=1S/C18H14F7NO3S.C10H10N2OS/c19-13-4-6-14(7-5-13)30(28,29)26-9-1-2-11-10-12(3-8-15(11)26)16(27,17(20,21)22)18(23,24)25;1-7(13)11-6-10-12-8-4-2-3-5-9(8)14-10/h3-8,10,27H,1-2,9H2;2-5H,6H2,1H3,(H,11,13). The van der Waals surface area contributed by atoms with E-state index in [0.29, 0.717) is 18.7 Å². The molecule has 4 aromatic rings. The van der Waals surface area contributed by atoms with Gasteiger partial charge in [0.25, 0.3) is 15.6 Å². The van der Waals surface area contributed by atoms with E-state index in [2.05, 4.69) is 10.3 Å². The molecule has 2 heterocycles. The lowest BCUT2D eigenvalue weighted by atomic mass is 9.89. The number of aliphatic hydroxyl groups is 1. The maximum atomic E-state index is 13.1. The third kappa shape index (κ3) is 6.66. The van der Waals surface area contributed by atoms with Crippen molar-refractivity contribution in [2.75, 3.05) is 10.8 Å². The van der Waals surface area contributed by atoms with E-state index in [-0.39, 0.29) is 41.4 Å². The van der Waals surface area contributed by atoms with Crippen LogP contribution in [0.2, 0.25) is 0 Å². The van der Waals surface area contributed by atoms with Gasteiger partial charge in [-0.25, -0.2) is 17.8 Å². The monoisotopic (exact) mass is 663 g/mol. The summed E-state index contributed by atoms with van der Waals surface area (Å²) in [4.78, 5) is 14.8. The SMILES string of the molecule is CC(=O)NCc1nc2ccccc2s1.O=S(=O)(c1ccc(F)cc1)N1CCCc2cc(C(O)(C(F)(F)F)C(F)(F)F)ccc21. The first-order valence-corrected chi connectivity index (χ1v) is 15.1. The van der Waals surface area contributed by atoms with E-state index in [1.165, 1.54) is 6.92 Å². The Labute approximate surface area is 251 Å². The number of sulfonamides is 1. The molecule has 5 rings (SSSR count). The van der Waals surface area contributed by atoms with Gasteiger partial charge in [-0.05, 0) is 60.9 Å². The molecule has 0 radical (unpaired) electrons. The highest BCUT2D eigenvalue weighted by atomic mass is 32.2. The number of carbonyl (C=O) groups is 1. The summed E-state index contributed by atoms with van der Waals surface area (Å²) in [5, 5.41) is 13.2. The number of nitrogens with one attached hydrogen (secondary N) is 1. The number of alkyl halides is 6. The fourth-order valence-corrected chi connectivity index (χ4v) is 6.90. The van der Waals surface area contributed by atoms with E-state index in [0.717, 1.165) is 49.9 Å². The van der Waals surface area contributed by atoms with Crippen molar-refractivity contribution in [3.63, 3.8) is 0 Å². The second-order valence-electron chi connectivity index (χ2n) is 9.67. The molecule has 1 aliphatic rings. The Kier molecular flexibility index (Phi) is 9.28. The summed E-state index contributed by atoms with van der Waals surface area (Å²) in [5.74, 6) is -0.708. The van der Waals surface area contributed by atoms with Crippen LogP contribution in [0.3, 0.4) is 0 Å². The molecule has 2 N–H and O–H groups in total. The number of thiazole rings is 1. The highest BCUT2D eigenvalue weighted by Gasteiger charge is 2.71. The van der Waals surface area contributed by atoms with Crippen molar-refractivity contribution in [1.82, 2.24) is 10.3 Å². The van der Waals surface area contributed by atoms with Gasteiger partial charge >= 0.3 is 12.4 Å². The number of fused-ring (bicyclic) bond motifs is 2. The number of rotatable bonds is 5. The minimum Gasteiger partial charge on any atom is -0.369 e. The fraction of sp³-hybridized carbons (Fsp3) is 0.286. The molecule has 1 aromatic heterocycles. The molecular weight excluding hydrogens is 639 g/mol. The third-order valence-corrected chi connectivity index (χ3v) is 9.49. The van der Waals surface area contributed by atoms with Gasteiger partial charge in [0, 0.05) is 19.0 Å². The zero-order chi connectivity index (χ0) is 32.5. The minimum atomic E-state index is -6.05. The average Bonchev–Trinajstić information content (AvgIpc) is 3.37. The lowest BCUT2D eigenvalue weighted by Gasteiger charge is -2.35. The van der Waals surface area contributed by atoms with Crippen LogP contribution in [-0.4, -0.2) is 43.3 Å². The number of halogens is 7. The van der Waals surface area contributed by atoms with Crippen LogP contribution in [0.15, 0.2) is 71.6 Å². The van der Waals surface area contributed by atoms with Crippen LogP contribution in [0.25, 0.3) is 10.2 Å². The molecule has 0 atom stereocenters. The average molecular weight is 664 g/mol. The molecular formula is C28H24F7N3O4S2. The Morgan fingerprint density at radius 1 is 1.00 bits per heavy atom. The molecule has 7 nitrogen and oxygen atoms in total. The normalized spacial score (nSPS) is 14.1. The van der Waals surface area contributed by atoms with Crippen LogP contribution in [0.4, 0.5) is 36.4 Å². The molecule has 44 heavy (non-hydrogen) atoms. The smallest absolute Gasteiger partial charge is 0.369 e. The molecule has 0 bridgehead atoms. The second kappa shape index (κ2) is 12.3. The van der Waals surface area contributed by atoms with E-state index < -0.39 is 39.4 Å². The summed E-state index contributed by atoms with van der Waals surface area (Å²) in [6, 6.07) is 13.5. The number of nitrogens with zero attached hydrogens (tertiary/aromatic N) is 2.